The van der Waals surface area contributed by atoms with Crippen molar-refractivity contribution in [3.63, 3.8) is 0 Å². The lowest BCUT2D eigenvalue weighted by Crippen LogP contribution is -2.56. The molecule has 2 rings (SSSR count). The van der Waals surface area contributed by atoms with E-state index in [0.29, 0.717) is 32.4 Å². The highest BCUT2D eigenvalue weighted by Gasteiger charge is 2.47. The molecule has 1 fully saturated rings. The molecule has 0 radical (unpaired) electrons. The second kappa shape index (κ2) is 8.26. The molecule has 6 nitrogen and oxygen atoms in total. The molecule has 0 saturated carbocycles. The van der Waals surface area contributed by atoms with Crippen LogP contribution in [0.3, 0.4) is 0 Å². The number of carboxylic acids is 1. The van der Waals surface area contributed by atoms with Crippen molar-refractivity contribution >= 4 is 11.9 Å². The average Bonchev–Trinajstić information content (AvgIpc) is 2.56. The molecule has 6 heteroatoms. The highest BCUT2D eigenvalue weighted by atomic mass is 16.4. The number of amides is 1. The van der Waals surface area contributed by atoms with E-state index in [1.807, 2.05) is 42.2 Å². The molecule has 0 spiro atoms. The van der Waals surface area contributed by atoms with Crippen LogP contribution in [0.4, 0.5) is 0 Å². The van der Waals surface area contributed by atoms with Gasteiger partial charge in [-0.05, 0) is 24.9 Å². The number of rotatable bonds is 7. The zero-order valence-electron chi connectivity index (χ0n) is 14.1. The molecule has 24 heavy (non-hydrogen) atoms. The number of nitrogens with zero attached hydrogens (tertiary/aromatic N) is 1. The van der Waals surface area contributed by atoms with E-state index in [2.05, 4.69) is 5.32 Å². The Morgan fingerprint density at radius 3 is 2.62 bits per heavy atom. The maximum absolute atomic E-state index is 12.1. The molecule has 132 valence electrons. The Hall–Kier alpha value is -1.92. The summed E-state index contributed by atoms with van der Waals surface area (Å²) in [6.45, 7) is 3.27. The first-order chi connectivity index (χ1) is 11.5. The number of piperidine rings is 1. The van der Waals surface area contributed by atoms with E-state index < -0.39 is 17.5 Å². The molecule has 1 aromatic carbocycles. The van der Waals surface area contributed by atoms with Gasteiger partial charge in [0.05, 0.1) is 18.1 Å². The molecular weight excluding hydrogens is 308 g/mol. The molecular formula is C18H26N2O4. The van der Waals surface area contributed by atoms with Crippen LogP contribution in [0.1, 0.15) is 31.7 Å². The molecule has 1 saturated heterocycles. The third-order valence-corrected chi connectivity index (χ3v) is 4.76. The van der Waals surface area contributed by atoms with Crippen molar-refractivity contribution in [3.8, 4) is 0 Å². The molecule has 1 amide bonds. The largest absolute Gasteiger partial charge is 0.481 e. The SMILES string of the molecule is CCC[C@]1(C(=O)O)CCN(CC(=O)NCc2ccccc2)C[C@H]1O. The van der Waals surface area contributed by atoms with Crippen LogP contribution in [-0.2, 0) is 16.1 Å². The van der Waals surface area contributed by atoms with Gasteiger partial charge >= 0.3 is 5.97 Å². The van der Waals surface area contributed by atoms with Crippen molar-refractivity contribution in [3.05, 3.63) is 35.9 Å². The number of carbonyl (C=O) groups is 2. The first-order valence-electron chi connectivity index (χ1n) is 8.42. The van der Waals surface area contributed by atoms with Gasteiger partial charge in [0.2, 0.25) is 5.91 Å². The van der Waals surface area contributed by atoms with Crippen molar-refractivity contribution in [2.45, 2.75) is 38.8 Å². The third kappa shape index (κ3) is 4.33. The van der Waals surface area contributed by atoms with Crippen molar-refractivity contribution in [2.24, 2.45) is 5.41 Å². The second-order valence-electron chi connectivity index (χ2n) is 6.47. The number of benzene rings is 1. The van der Waals surface area contributed by atoms with Gasteiger partial charge in [0.15, 0.2) is 0 Å². The smallest absolute Gasteiger partial charge is 0.312 e. The quantitative estimate of drug-likeness (QED) is 0.698. The summed E-state index contributed by atoms with van der Waals surface area (Å²) < 4.78 is 0. The van der Waals surface area contributed by atoms with Crippen LogP contribution in [0.15, 0.2) is 30.3 Å². The second-order valence-corrected chi connectivity index (χ2v) is 6.47. The van der Waals surface area contributed by atoms with Crippen molar-refractivity contribution in [1.82, 2.24) is 10.2 Å². The number of hydrogen-bond donors (Lipinski definition) is 3. The van der Waals surface area contributed by atoms with Gasteiger partial charge in [-0.1, -0.05) is 43.7 Å². The van der Waals surface area contributed by atoms with E-state index in [4.69, 9.17) is 0 Å². The highest BCUT2D eigenvalue weighted by molar-refractivity contribution is 5.78. The van der Waals surface area contributed by atoms with E-state index in [9.17, 15) is 19.8 Å². The van der Waals surface area contributed by atoms with E-state index >= 15 is 0 Å². The molecule has 0 aromatic heterocycles. The van der Waals surface area contributed by atoms with Gasteiger partial charge in [-0.25, -0.2) is 0 Å². The molecule has 0 bridgehead atoms. The van der Waals surface area contributed by atoms with E-state index in [1.165, 1.54) is 0 Å². The molecule has 3 N–H and O–H groups in total. The number of carboxylic acid groups (broad SMARTS) is 1. The Morgan fingerprint density at radius 1 is 1.33 bits per heavy atom. The molecule has 1 aliphatic heterocycles. The lowest BCUT2D eigenvalue weighted by Gasteiger charge is -2.42. The number of aliphatic hydroxyl groups is 1. The standard InChI is InChI=1S/C18H26N2O4/c1-2-8-18(17(23)24)9-10-20(12-15(18)21)13-16(22)19-11-14-6-4-3-5-7-14/h3-7,15,21H,2,8-13H2,1H3,(H,19,22)(H,23,24)/t15-,18+/m1/s1. The molecule has 0 aliphatic carbocycles. The Bertz CT molecular complexity index is 563. The van der Waals surface area contributed by atoms with Crippen LogP contribution in [0.2, 0.25) is 0 Å². The summed E-state index contributed by atoms with van der Waals surface area (Å²) in [6, 6.07) is 9.64. The topological polar surface area (TPSA) is 89.9 Å². The molecule has 1 aromatic rings. The summed E-state index contributed by atoms with van der Waals surface area (Å²) in [4.78, 5) is 25.5. The van der Waals surface area contributed by atoms with Gasteiger partial charge in [-0.15, -0.1) is 0 Å². The zero-order valence-corrected chi connectivity index (χ0v) is 14.1. The van der Waals surface area contributed by atoms with E-state index in [0.717, 1.165) is 5.56 Å². The molecule has 0 unspecified atom stereocenters. The zero-order chi connectivity index (χ0) is 17.6. The monoisotopic (exact) mass is 334 g/mol. The van der Waals surface area contributed by atoms with Gasteiger partial charge in [0, 0.05) is 13.1 Å². The Kier molecular flexibility index (Phi) is 6.34. The van der Waals surface area contributed by atoms with Gasteiger partial charge in [0.25, 0.3) is 0 Å². The summed E-state index contributed by atoms with van der Waals surface area (Å²) in [6.07, 6.45) is 0.576. The van der Waals surface area contributed by atoms with Crippen LogP contribution >= 0.6 is 0 Å². The van der Waals surface area contributed by atoms with Crippen molar-refractivity contribution in [1.29, 1.82) is 0 Å². The summed E-state index contributed by atoms with van der Waals surface area (Å²) >= 11 is 0. The van der Waals surface area contributed by atoms with Crippen LogP contribution < -0.4 is 5.32 Å². The summed E-state index contributed by atoms with van der Waals surface area (Å²) in [5.41, 5.74) is -0.0523. The van der Waals surface area contributed by atoms with Crippen LogP contribution in [0.5, 0.6) is 0 Å². The van der Waals surface area contributed by atoms with Crippen LogP contribution in [-0.4, -0.2) is 52.7 Å². The van der Waals surface area contributed by atoms with E-state index in [-0.39, 0.29) is 19.0 Å². The number of likely N-dealkylation sites (tertiary alicyclic amines) is 1. The Labute approximate surface area is 142 Å². The number of β-amino-alcohol motifs (C(OH)–C–C–N with tert-alkyl or cyclic N) is 1. The number of nitrogens with one attached hydrogen (secondary N) is 1. The van der Waals surface area contributed by atoms with Crippen LogP contribution in [0.25, 0.3) is 0 Å². The lowest BCUT2D eigenvalue weighted by atomic mass is 9.73. The Morgan fingerprint density at radius 2 is 2.04 bits per heavy atom. The highest BCUT2D eigenvalue weighted by Crippen LogP contribution is 2.36. The fraction of sp³-hybridized carbons (Fsp3) is 0.556. The predicted octanol–water partition coefficient (Wildman–Crippen LogP) is 1.24. The van der Waals surface area contributed by atoms with Crippen LogP contribution in [0, 0.1) is 5.41 Å². The fourth-order valence-electron chi connectivity index (χ4n) is 3.33. The van der Waals surface area contributed by atoms with Crippen molar-refractivity contribution in [2.75, 3.05) is 19.6 Å². The minimum Gasteiger partial charge on any atom is -0.481 e. The minimum absolute atomic E-state index is 0.121. The molecule has 1 aliphatic rings. The number of aliphatic carboxylic acids is 1. The summed E-state index contributed by atoms with van der Waals surface area (Å²) in [5, 5.41) is 22.7. The fourth-order valence-corrected chi connectivity index (χ4v) is 3.33. The number of hydrogen-bond acceptors (Lipinski definition) is 4. The van der Waals surface area contributed by atoms with Gasteiger partial charge < -0.3 is 15.5 Å². The van der Waals surface area contributed by atoms with Crippen molar-refractivity contribution < 1.29 is 19.8 Å². The lowest BCUT2D eigenvalue weighted by molar-refractivity contribution is -0.164. The number of aliphatic hydroxyl groups excluding tert-OH is 1. The van der Waals surface area contributed by atoms with Gasteiger partial charge in [-0.2, -0.15) is 0 Å². The van der Waals surface area contributed by atoms with E-state index in [1.54, 1.807) is 0 Å². The summed E-state index contributed by atoms with van der Waals surface area (Å²) in [7, 11) is 0. The minimum atomic E-state index is -1.08. The normalized spacial score (nSPS) is 24.5. The number of carbonyl (C=O) groups excluding carboxylic acids is 1. The van der Waals surface area contributed by atoms with Gasteiger partial charge in [-0.3, -0.25) is 14.5 Å². The first-order valence-corrected chi connectivity index (χ1v) is 8.42. The van der Waals surface area contributed by atoms with Gasteiger partial charge in [0.1, 0.15) is 0 Å². The third-order valence-electron chi connectivity index (χ3n) is 4.76. The molecule has 1 heterocycles. The summed E-state index contributed by atoms with van der Waals surface area (Å²) in [5.74, 6) is -1.06. The maximum Gasteiger partial charge on any atom is 0.312 e. The average molecular weight is 334 g/mol. The first kappa shape index (κ1) is 18.4. The molecule has 2 atom stereocenters. The maximum atomic E-state index is 12.1. The predicted molar refractivity (Wildman–Crippen MR) is 90.3 cm³/mol. The Balaban J connectivity index is 1.85.